The van der Waals surface area contributed by atoms with Gasteiger partial charge in [0.15, 0.2) is 5.60 Å². The number of pyridine rings is 2. The van der Waals surface area contributed by atoms with Crippen LogP contribution in [0.5, 0.6) is 11.6 Å². The number of likely N-dealkylation sites (N-methyl/N-ethyl adjacent to an activating group) is 1. The highest BCUT2D eigenvalue weighted by atomic mass is 35.5. The maximum Gasteiger partial charge on any atom is 0.336 e. The lowest BCUT2D eigenvalue weighted by Crippen LogP contribution is -2.42. The number of nitrogens with zero attached hydrogens (tertiary/aromatic N) is 4. The van der Waals surface area contributed by atoms with Crippen molar-refractivity contribution in [2.75, 3.05) is 39.1 Å². The number of carbonyl (C=O) groups excluding carboxylic acids is 1. The minimum Gasteiger partial charge on any atom is -0.485 e. The number of Topliss-reactive ketones (excluding diaryl/α,β-unsaturated/α-hetero) is 1. The Morgan fingerprint density at radius 1 is 1.06 bits per heavy atom. The molecule has 0 aliphatic rings. The molecule has 0 fully saturated rings. The number of carbonyl (C=O) groups is 3. The Morgan fingerprint density at radius 2 is 1.76 bits per heavy atom. The molecule has 0 radical (unpaired) electrons. The number of sulfonamides is 1. The van der Waals surface area contributed by atoms with Gasteiger partial charge in [-0.15, -0.1) is 0 Å². The van der Waals surface area contributed by atoms with E-state index in [1.54, 1.807) is 18.3 Å². The van der Waals surface area contributed by atoms with Gasteiger partial charge < -0.3 is 29.7 Å². The first kappa shape index (κ1) is 39.3. The van der Waals surface area contributed by atoms with Crippen LogP contribution in [0.15, 0.2) is 64.7 Å². The van der Waals surface area contributed by atoms with Gasteiger partial charge in [-0.05, 0) is 57.4 Å². The number of benzene rings is 1. The summed E-state index contributed by atoms with van der Waals surface area (Å²) >= 11 is 5.95. The molecule has 19 heteroatoms. The summed E-state index contributed by atoms with van der Waals surface area (Å²) in [4.78, 5) is 54.2. The van der Waals surface area contributed by atoms with Crippen LogP contribution in [0.2, 0.25) is 5.02 Å². The van der Waals surface area contributed by atoms with E-state index in [1.165, 1.54) is 30.0 Å². The fourth-order valence-electron chi connectivity index (χ4n) is 4.28. The quantitative estimate of drug-likeness (QED) is 0.146. The number of methoxy groups -OCH3 is 1. The molecule has 1 atom stereocenters. The normalized spacial score (nSPS) is 12.4. The molecule has 3 aromatic heterocycles. The van der Waals surface area contributed by atoms with Gasteiger partial charge in [-0.3, -0.25) is 23.5 Å². The molecule has 0 bridgehead atoms. The standard InChI is InChI=1S/C24H23ClFN5O5S.C7H10O6/c1-30(2)8-9-36-20-13-27-22-7-4-15(14-31(22)24(20)32)16-10-19(23(35-3)28-12-16)29-37(33,34)21-6-5-17(26)11-18(21)25;1-4(8)2-7(13,6(11)12)3-5(9)10/h4-7,10-14,29H,8-9H2,1-3H3;13H,2-3H2,1H3,(H,9,10)(H,11,12). The van der Waals surface area contributed by atoms with Crippen molar-refractivity contribution in [1.82, 2.24) is 19.3 Å². The molecule has 0 aliphatic heterocycles. The Morgan fingerprint density at radius 3 is 2.34 bits per heavy atom. The fraction of sp³-hybridized carbons (Fsp3) is 0.290. The van der Waals surface area contributed by atoms with Crippen LogP contribution in [0.3, 0.4) is 0 Å². The van der Waals surface area contributed by atoms with E-state index in [0.717, 1.165) is 25.1 Å². The zero-order chi connectivity index (χ0) is 37.4. The lowest BCUT2D eigenvalue weighted by molar-refractivity contribution is -0.167. The van der Waals surface area contributed by atoms with Crippen molar-refractivity contribution in [2.45, 2.75) is 30.3 Å². The molecule has 16 nitrogen and oxygen atoms in total. The second-order valence-corrected chi connectivity index (χ2v) is 13.0. The number of aliphatic hydroxyl groups is 1. The molecular formula is C31H33ClFN5O11S. The Hall–Kier alpha value is -5.17. The minimum atomic E-state index is -4.21. The molecule has 0 aliphatic carbocycles. The van der Waals surface area contributed by atoms with Crippen LogP contribution >= 0.6 is 11.6 Å². The molecule has 268 valence electrons. The number of aliphatic carboxylic acids is 2. The molecule has 4 rings (SSSR count). The van der Waals surface area contributed by atoms with E-state index >= 15 is 0 Å². The SMILES string of the molecule is CC(=O)CC(O)(CC(=O)O)C(=O)O.COc1ncc(-c2ccc3ncc(OCCN(C)C)c(=O)n3c2)cc1NS(=O)(=O)c1ccc(F)cc1Cl. The van der Waals surface area contributed by atoms with Gasteiger partial charge in [-0.2, -0.15) is 0 Å². The summed E-state index contributed by atoms with van der Waals surface area (Å²) < 4.78 is 53.9. The van der Waals surface area contributed by atoms with E-state index in [0.29, 0.717) is 29.9 Å². The van der Waals surface area contributed by atoms with Crippen molar-refractivity contribution in [2.24, 2.45) is 0 Å². The molecule has 4 aromatic rings. The fourth-order valence-corrected chi connectivity index (χ4v) is 5.86. The van der Waals surface area contributed by atoms with E-state index < -0.39 is 52.0 Å². The zero-order valence-electron chi connectivity index (χ0n) is 27.1. The summed E-state index contributed by atoms with van der Waals surface area (Å²) in [7, 11) is 0.920. The summed E-state index contributed by atoms with van der Waals surface area (Å²) in [6.45, 7) is 2.02. The number of ketones is 1. The molecule has 0 spiro atoms. The maximum absolute atomic E-state index is 13.4. The van der Waals surface area contributed by atoms with Crippen molar-refractivity contribution >= 4 is 50.7 Å². The number of aromatic nitrogens is 3. The summed E-state index contributed by atoms with van der Waals surface area (Å²) in [6.07, 6.45) is 2.73. The molecule has 50 heavy (non-hydrogen) atoms. The highest BCUT2D eigenvalue weighted by molar-refractivity contribution is 7.92. The minimum absolute atomic E-state index is 0.00163. The van der Waals surface area contributed by atoms with Crippen LogP contribution in [-0.2, 0) is 24.4 Å². The van der Waals surface area contributed by atoms with E-state index in [2.05, 4.69) is 14.7 Å². The first-order chi connectivity index (χ1) is 23.4. The predicted octanol–water partition coefficient (Wildman–Crippen LogP) is 2.55. The van der Waals surface area contributed by atoms with Crippen LogP contribution in [0.25, 0.3) is 16.8 Å². The van der Waals surface area contributed by atoms with Crippen molar-refractivity contribution in [1.29, 1.82) is 0 Å². The smallest absolute Gasteiger partial charge is 0.336 e. The number of halogens is 2. The number of rotatable bonds is 14. The van der Waals surface area contributed by atoms with Gasteiger partial charge in [0.05, 0.1) is 24.8 Å². The van der Waals surface area contributed by atoms with E-state index in [4.69, 9.17) is 31.3 Å². The maximum atomic E-state index is 13.4. The largest absolute Gasteiger partial charge is 0.485 e. The van der Waals surface area contributed by atoms with Crippen LogP contribution < -0.4 is 19.8 Å². The molecule has 1 unspecified atom stereocenters. The highest BCUT2D eigenvalue weighted by Gasteiger charge is 2.39. The van der Waals surface area contributed by atoms with Gasteiger partial charge in [0, 0.05) is 36.5 Å². The van der Waals surface area contributed by atoms with Gasteiger partial charge in [0.1, 0.15) is 34.4 Å². The summed E-state index contributed by atoms with van der Waals surface area (Å²) in [6, 6.07) is 7.81. The van der Waals surface area contributed by atoms with Gasteiger partial charge in [-0.1, -0.05) is 11.6 Å². The van der Waals surface area contributed by atoms with Crippen molar-refractivity contribution < 1.29 is 52.0 Å². The van der Waals surface area contributed by atoms with Crippen molar-refractivity contribution in [3.8, 4) is 22.8 Å². The van der Waals surface area contributed by atoms with E-state index in [-0.39, 0.29) is 32.8 Å². The number of nitrogens with one attached hydrogen (secondary N) is 1. The number of anilines is 1. The summed E-state index contributed by atoms with van der Waals surface area (Å²) in [5.41, 5.74) is -1.42. The lowest BCUT2D eigenvalue weighted by Gasteiger charge is -2.19. The van der Waals surface area contributed by atoms with Gasteiger partial charge in [-0.25, -0.2) is 27.6 Å². The Labute approximate surface area is 289 Å². The number of carboxylic acids is 2. The predicted molar refractivity (Wildman–Crippen MR) is 178 cm³/mol. The lowest BCUT2D eigenvalue weighted by atomic mass is 9.94. The summed E-state index contributed by atoms with van der Waals surface area (Å²) in [5, 5.41) is 25.7. The Balaban J connectivity index is 0.000000442. The number of hydrogen-bond donors (Lipinski definition) is 4. The average molecular weight is 738 g/mol. The topological polar surface area (TPSA) is 227 Å². The third-order valence-corrected chi connectivity index (χ3v) is 8.50. The van der Waals surface area contributed by atoms with Crippen molar-refractivity contribution in [3.05, 3.63) is 76.2 Å². The Bertz CT molecular complexity index is 2060. The molecule has 1 aromatic carbocycles. The monoisotopic (exact) mass is 737 g/mol. The molecule has 0 saturated carbocycles. The van der Waals surface area contributed by atoms with Gasteiger partial charge >= 0.3 is 11.9 Å². The van der Waals surface area contributed by atoms with Crippen LogP contribution in [0, 0.1) is 5.82 Å². The van der Waals surface area contributed by atoms with E-state index in [1.807, 2.05) is 19.0 Å². The molecule has 3 heterocycles. The number of carboxylic acid groups (broad SMARTS) is 2. The Kier molecular flexibility index (Phi) is 13.0. The van der Waals surface area contributed by atoms with Crippen LogP contribution in [0.4, 0.5) is 10.1 Å². The molecular weight excluding hydrogens is 705 g/mol. The van der Waals surface area contributed by atoms with Gasteiger partial charge in [0.25, 0.3) is 15.6 Å². The van der Waals surface area contributed by atoms with Crippen LogP contribution in [0.1, 0.15) is 19.8 Å². The third-order valence-electron chi connectivity index (χ3n) is 6.66. The first-order valence-corrected chi connectivity index (χ1v) is 16.2. The zero-order valence-corrected chi connectivity index (χ0v) is 28.7. The second-order valence-electron chi connectivity index (χ2n) is 11.0. The average Bonchev–Trinajstić information content (AvgIpc) is 3.01. The number of ether oxygens (including phenoxy) is 2. The molecule has 4 N–H and O–H groups in total. The van der Waals surface area contributed by atoms with Crippen molar-refractivity contribution in [3.63, 3.8) is 0 Å². The molecule has 0 saturated heterocycles. The van der Waals surface area contributed by atoms with E-state index in [9.17, 15) is 37.1 Å². The third kappa shape index (κ3) is 10.2. The summed E-state index contributed by atoms with van der Waals surface area (Å²) in [5.74, 6) is -4.31. The number of fused-ring (bicyclic) bond motifs is 1. The van der Waals surface area contributed by atoms with Crippen LogP contribution in [-0.4, -0.2) is 101 Å². The van der Waals surface area contributed by atoms with Gasteiger partial charge in [0.2, 0.25) is 11.6 Å². The highest BCUT2D eigenvalue weighted by Crippen LogP contribution is 2.32. The first-order valence-electron chi connectivity index (χ1n) is 14.3. The molecule has 0 amide bonds. The second kappa shape index (κ2) is 16.5. The number of hydrogen-bond acceptors (Lipinski definition) is 12.